The van der Waals surface area contributed by atoms with Gasteiger partial charge in [-0.05, 0) is 31.9 Å². The Balaban J connectivity index is 1.14. The van der Waals surface area contributed by atoms with E-state index in [2.05, 4.69) is 21.7 Å². The molecular formula is C26H33ClN6O3S. The van der Waals surface area contributed by atoms with Crippen LogP contribution in [0, 0.1) is 5.92 Å². The number of halogens is 1. The van der Waals surface area contributed by atoms with Crippen molar-refractivity contribution in [3.05, 3.63) is 35.5 Å². The summed E-state index contributed by atoms with van der Waals surface area (Å²) in [7, 11) is 1.68. The topological polar surface area (TPSA) is 82.1 Å². The quantitative estimate of drug-likeness (QED) is 0.299. The lowest BCUT2D eigenvalue weighted by molar-refractivity contribution is -0.135. The molecule has 2 aliphatic heterocycles. The molecule has 2 amide bonds. The highest BCUT2D eigenvalue weighted by molar-refractivity contribution is 7.99. The SMILES string of the molecule is COc1ccccc1N1CCN(C(=O)CSc2nc(Cl)cc(N3CCN(C(=O)C4CC4)C(C)C3)n2)CC1. The summed E-state index contributed by atoms with van der Waals surface area (Å²) < 4.78 is 5.49. The molecule has 1 aromatic carbocycles. The number of nitrogens with zero attached hydrogens (tertiary/aromatic N) is 6. The molecule has 2 aromatic rings. The average Bonchev–Trinajstić information content (AvgIpc) is 3.77. The van der Waals surface area contributed by atoms with Crippen molar-refractivity contribution in [2.45, 2.75) is 31.0 Å². The fourth-order valence-corrected chi connectivity index (χ4v) is 5.96. The van der Waals surface area contributed by atoms with E-state index in [1.165, 1.54) is 11.8 Å². The van der Waals surface area contributed by atoms with E-state index in [4.69, 9.17) is 21.3 Å². The lowest BCUT2D eigenvalue weighted by atomic mass is 10.1. The van der Waals surface area contributed by atoms with Gasteiger partial charge in [0, 0.05) is 63.8 Å². The molecule has 198 valence electrons. The van der Waals surface area contributed by atoms with Crippen molar-refractivity contribution in [1.29, 1.82) is 0 Å². The number of hydrogen-bond donors (Lipinski definition) is 0. The molecule has 0 spiro atoms. The smallest absolute Gasteiger partial charge is 0.233 e. The summed E-state index contributed by atoms with van der Waals surface area (Å²) in [4.78, 5) is 42.8. The third-order valence-corrected chi connectivity index (χ3v) is 8.23. The number of ether oxygens (including phenoxy) is 1. The monoisotopic (exact) mass is 544 g/mol. The molecule has 1 aromatic heterocycles. The Morgan fingerprint density at radius 1 is 1.05 bits per heavy atom. The molecule has 0 radical (unpaired) electrons. The summed E-state index contributed by atoms with van der Waals surface area (Å²) >= 11 is 7.64. The Bertz CT molecular complexity index is 1140. The number of hydrogen-bond acceptors (Lipinski definition) is 8. The van der Waals surface area contributed by atoms with Gasteiger partial charge < -0.3 is 24.3 Å². The molecule has 1 aliphatic carbocycles. The second-order valence-corrected chi connectivity index (χ2v) is 11.1. The number of rotatable bonds is 7. The normalized spacial score (nSPS) is 20.2. The highest BCUT2D eigenvalue weighted by Crippen LogP contribution is 2.33. The second kappa shape index (κ2) is 11.3. The lowest BCUT2D eigenvalue weighted by Gasteiger charge is -2.40. The first kappa shape index (κ1) is 25.9. The summed E-state index contributed by atoms with van der Waals surface area (Å²) in [6, 6.07) is 9.83. The number of amides is 2. The van der Waals surface area contributed by atoms with Crippen LogP contribution in [0.2, 0.25) is 5.15 Å². The average molecular weight is 545 g/mol. The van der Waals surface area contributed by atoms with Gasteiger partial charge in [0.15, 0.2) is 5.16 Å². The van der Waals surface area contributed by atoms with Gasteiger partial charge in [0.1, 0.15) is 16.7 Å². The molecule has 3 fully saturated rings. The molecule has 1 unspecified atom stereocenters. The Morgan fingerprint density at radius 3 is 2.49 bits per heavy atom. The molecule has 3 aliphatic rings. The van der Waals surface area contributed by atoms with Gasteiger partial charge in [-0.2, -0.15) is 0 Å². The summed E-state index contributed by atoms with van der Waals surface area (Å²) in [5.41, 5.74) is 1.05. The summed E-state index contributed by atoms with van der Waals surface area (Å²) in [6.07, 6.45) is 2.04. The van der Waals surface area contributed by atoms with Crippen molar-refractivity contribution < 1.29 is 14.3 Å². The Kier molecular flexibility index (Phi) is 7.95. The van der Waals surface area contributed by atoms with Gasteiger partial charge in [0.2, 0.25) is 11.8 Å². The maximum atomic E-state index is 12.9. The Labute approximate surface area is 227 Å². The van der Waals surface area contributed by atoms with Crippen LogP contribution in [-0.2, 0) is 9.59 Å². The third kappa shape index (κ3) is 6.06. The van der Waals surface area contributed by atoms with Gasteiger partial charge in [-0.15, -0.1) is 0 Å². The van der Waals surface area contributed by atoms with Crippen LogP contribution in [0.5, 0.6) is 5.75 Å². The van der Waals surface area contributed by atoms with Crippen LogP contribution in [0.3, 0.4) is 0 Å². The van der Waals surface area contributed by atoms with Gasteiger partial charge in [0.25, 0.3) is 0 Å². The summed E-state index contributed by atoms with van der Waals surface area (Å²) in [5.74, 6) is 2.42. The molecular weight excluding hydrogens is 512 g/mol. The van der Waals surface area contributed by atoms with E-state index in [9.17, 15) is 9.59 Å². The molecule has 9 nitrogen and oxygen atoms in total. The van der Waals surface area contributed by atoms with Gasteiger partial charge >= 0.3 is 0 Å². The van der Waals surface area contributed by atoms with Gasteiger partial charge in [-0.25, -0.2) is 9.97 Å². The van der Waals surface area contributed by atoms with Crippen molar-refractivity contribution >= 4 is 46.7 Å². The predicted molar refractivity (Wildman–Crippen MR) is 146 cm³/mol. The number of para-hydroxylation sites is 2. The minimum Gasteiger partial charge on any atom is -0.495 e. The lowest BCUT2D eigenvalue weighted by Crippen LogP contribution is -2.54. The third-order valence-electron chi connectivity index (χ3n) is 7.20. The predicted octanol–water partition coefficient (Wildman–Crippen LogP) is 3.03. The molecule has 37 heavy (non-hydrogen) atoms. The molecule has 11 heteroatoms. The van der Waals surface area contributed by atoms with Crippen molar-refractivity contribution in [1.82, 2.24) is 19.8 Å². The van der Waals surface area contributed by atoms with Crippen LogP contribution >= 0.6 is 23.4 Å². The van der Waals surface area contributed by atoms with Crippen molar-refractivity contribution in [3.8, 4) is 5.75 Å². The number of carbonyl (C=O) groups excluding carboxylic acids is 2. The highest BCUT2D eigenvalue weighted by atomic mass is 35.5. The minimum absolute atomic E-state index is 0.0654. The van der Waals surface area contributed by atoms with E-state index < -0.39 is 0 Å². The number of methoxy groups -OCH3 is 1. The number of carbonyl (C=O) groups is 2. The van der Waals surface area contributed by atoms with E-state index in [0.717, 1.165) is 43.2 Å². The van der Waals surface area contributed by atoms with Crippen molar-refractivity contribution in [2.75, 3.05) is 68.5 Å². The molecule has 0 N–H and O–H groups in total. The first-order valence-electron chi connectivity index (χ1n) is 12.8. The first-order valence-corrected chi connectivity index (χ1v) is 14.2. The zero-order valence-electron chi connectivity index (χ0n) is 21.3. The number of anilines is 2. The number of benzene rings is 1. The second-order valence-electron chi connectivity index (χ2n) is 9.76. The number of thioether (sulfide) groups is 1. The maximum Gasteiger partial charge on any atom is 0.233 e. The number of piperazine rings is 2. The summed E-state index contributed by atoms with van der Waals surface area (Å²) in [5, 5.41) is 0.849. The van der Waals surface area contributed by atoms with E-state index in [1.54, 1.807) is 13.2 Å². The van der Waals surface area contributed by atoms with E-state index in [1.807, 2.05) is 34.1 Å². The maximum absolute atomic E-state index is 12.9. The first-order chi connectivity index (χ1) is 17.9. The highest BCUT2D eigenvalue weighted by Gasteiger charge is 2.37. The van der Waals surface area contributed by atoms with E-state index >= 15 is 0 Å². The van der Waals surface area contributed by atoms with Crippen LogP contribution in [0.25, 0.3) is 0 Å². The van der Waals surface area contributed by atoms with Crippen LogP contribution in [0.1, 0.15) is 19.8 Å². The standard InChI is InChI=1S/C26H33ClN6O3S/c1-18-16-32(13-14-33(18)25(35)19-7-8-19)23-15-22(27)28-26(29-23)37-17-24(34)31-11-9-30(10-12-31)20-5-3-4-6-21(20)36-2/h3-6,15,18-19H,7-14,16-17H2,1-2H3. The zero-order valence-corrected chi connectivity index (χ0v) is 22.9. The van der Waals surface area contributed by atoms with Gasteiger partial charge in [0.05, 0.1) is 18.6 Å². The molecule has 3 heterocycles. The van der Waals surface area contributed by atoms with E-state index in [0.29, 0.717) is 43.0 Å². The van der Waals surface area contributed by atoms with Crippen LogP contribution in [-0.4, -0.2) is 96.3 Å². The number of aromatic nitrogens is 2. The molecule has 2 saturated heterocycles. The van der Waals surface area contributed by atoms with Crippen LogP contribution in [0.15, 0.2) is 35.5 Å². The van der Waals surface area contributed by atoms with Crippen LogP contribution in [0.4, 0.5) is 11.5 Å². The Morgan fingerprint density at radius 2 is 1.78 bits per heavy atom. The van der Waals surface area contributed by atoms with E-state index in [-0.39, 0.29) is 29.5 Å². The molecule has 0 bridgehead atoms. The van der Waals surface area contributed by atoms with Crippen molar-refractivity contribution in [3.63, 3.8) is 0 Å². The fourth-order valence-electron chi connectivity index (χ4n) is 4.98. The van der Waals surface area contributed by atoms with Gasteiger partial charge in [-0.3, -0.25) is 9.59 Å². The molecule has 1 atom stereocenters. The Hall–Kier alpha value is -2.72. The zero-order chi connectivity index (χ0) is 25.9. The van der Waals surface area contributed by atoms with Crippen molar-refractivity contribution in [2.24, 2.45) is 5.92 Å². The summed E-state index contributed by atoms with van der Waals surface area (Å²) in [6.45, 7) is 6.98. The fraction of sp³-hybridized carbons (Fsp3) is 0.538. The largest absolute Gasteiger partial charge is 0.495 e. The minimum atomic E-state index is 0.0654. The molecule has 5 rings (SSSR count). The van der Waals surface area contributed by atoms with Gasteiger partial charge in [-0.1, -0.05) is 35.5 Å². The molecule has 1 saturated carbocycles. The van der Waals surface area contributed by atoms with Crippen LogP contribution < -0.4 is 14.5 Å².